The first-order valence-corrected chi connectivity index (χ1v) is 6.22. The van der Waals surface area contributed by atoms with E-state index in [9.17, 15) is 0 Å². The SMILES string of the molecule is Cc1ccc(CNc2cc(C)ccc2N)c(C)c1. The summed E-state index contributed by atoms with van der Waals surface area (Å²) in [6.07, 6.45) is 0. The molecule has 0 atom stereocenters. The molecule has 0 heterocycles. The molecule has 0 radical (unpaired) electrons. The second-order valence-electron chi connectivity index (χ2n) is 4.87. The van der Waals surface area contributed by atoms with Gasteiger partial charge < -0.3 is 11.1 Å². The van der Waals surface area contributed by atoms with E-state index in [0.717, 1.165) is 17.9 Å². The highest BCUT2D eigenvalue weighted by molar-refractivity contribution is 5.67. The van der Waals surface area contributed by atoms with Gasteiger partial charge in [0.2, 0.25) is 0 Å². The maximum absolute atomic E-state index is 5.95. The lowest BCUT2D eigenvalue weighted by Gasteiger charge is -2.12. The Morgan fingerprint density at radius 3 is 2.33 bits per heavy atom. The minimum atomic E-state index is 0.797. The van der Waals surface area contributed by atoms with Gasteiger partial charge in [-0.15, -0.1) is 0 Å². The molecule has 2 aromatic rings. The molecule has 0 aliphatic rings. The Balaban J connectivity index is 2.13. The van der Waals surface area contributed by atoms with Gasteiger partial charge in [-0.05, 0) is 49.6 Å². The van der Waals surface area contributed by atoms with Crippen molar-refractivity contribution in [2.24, 2.45) is 0 Å². The highest BCUT2D eigenvalue weighted by Crippen LogP contribution is 2.21. The van der Waals surface area contributed by atoms with Gasteiger partial charge in [-0.2, -0.15) is 0 Å². The zero-order chi connectivity index (χ0) is 13.1. The maximum Gasteiger partial charge on any atom is 0.0579 e. The lowest BCUT2D eigenvalue weighted by molar-refractivity contribution is 1.11. The predicted octanol–water partition coefficient (Wildman–Crippen LogP) is 3.81. The van der Waals surface area contributed by atoms with Gasteiger partial charge in [0, 0.05) is 6.54 Å². The summed E-state index contributed by atoms with van der Waals surface area (Å²) in [6.45, 7) is 7.13. The van der Waals surface area contributed by atoms with Gasteiger partial charge in [0.15, 0.2) is 0 Å². The summed E-state index contributed by atoms with van der Waals surface area (Å²) < 4.78 is 0. The van der Waals surface area contributed by atoms with Gasteiger partial charge >= 0.3 is 0 Å². The molecule has 0 aliphatic heterocycles. The van der Waals surface area contributed by atoms with Crippen molar-refractivity contribution in [2.75, 3.05) is 11.1 Å². The zero-order valence-corrected chi connectivity index (χ0v) is 11.2. The number of hydrogen-bond donors (Lipinski definition) is 2. The van der Waals surface area contributed by atoms with Crippen LogP contribution < -0.4 is 11.1 Å². The fraction of sp³-hybridized carbons (Fsp3) is 0.250. The van der Waals surface area contributed by atoms with E-state index in [0.29, 0.717) is 0 Å². The van der Waals surface area contributed by atoms with Crippen molar-refractivity contribution in [3.8, 4) is 0 Å². The van der Waals surface area contributed by atoms with E-state index < -0.39 is 0 Å². The monoisotopic (exact) mass is 240 g/mol. The zero-order valence-electron chi connectivity index (χ0n) is 11.2. The minimum Gasteiger partial charge on any atom is -0.397 e. The van der Waals surface area contributed by atoms with Crippen molar-refractivity contribution in [3.63, 3.8) is 0 Å². The second kappa shape index (κ2) is 5.13. The second-order valence-corrected chi connectivity index (χ2v) is 4.87. The molecule has 0 bridgehead atoms. The van der Waals surface area contributed by atoms with Gasteiger partial charge in [0.1, 0.15) is 0 Å². The minimum absolute atomic E-state index is 0.797. The molecule has 94 valence electrons. The van der Waals surface area contributed by atoms with Crippen LogP contribution in [0.5, 0.6) is 0 Å². The summed E-state index contributed by atoms with van der Waals surface area (Å²) in [4.78, 5) is 0. The maximum atomic E-state index is 5.95. The van der Waals surface area contributed by atoms with Crippen LogP contribution in [0, 0.1) is 20.8 Å². The molecule has 0 saturated carbocycles. The average Bonchev–Trinajstić information content (AvgIpc) is 2.32. The Hall–Kier alpha value is -1.96. The Bertz CT molecular complexity index is 559. The van der Waals surface area contributed by atoms with E-state index in [-0.39, 0.29) is 0 Å². The summed E-state index contributed by atoms with van der Waals surface area (Å²) in [6, 6.07) is 12.6. The number of hydrogen-bond acceptors (Lipinski definition) is 2. The van der Waals surface area contributed by atoms with Crippen molar-refractivity contribution in [3.05, 3.63) is 58.7 Å². The number of nitrogen functional groups attached to an aromatic ring is 1. The molecule has 0 amide bonds. The topological polar surface area (TPSA) is 38.0 Å². The Morgan fingerprint density at radius 2 is 1.61 bits per heavy atom. The average molecular weight is 240 g/mol. The van der Waals surface area contributed by atoms with Gasteiger partial charge in [0.25, 0.3) is 0 Å². The lowest BCUT2D eigenvalue weighted by atomic mass is 10.1. The van der Waals surface area contributed by atoms with Crippen LogP contribution >= 0.6 is 0 Å². The fourth-order valence-corrected chi connectivity index (χ4v) is 2.06. The van der Waals surface area contributed by atoms with E-state index in [1.54, 1.807) is 0 Å². The molecule has 0 aromatic heterocycles. The summed E-state index contributed by atoms with van der Waals surface area (Å²) in [5.74, 6) is 0. The quantitative estimate of drug-likeness (QED) is 0.801. The van der Waals surface area contributed by atoms with Crippen LogP contribution in [0.2, 0.25) is 0 Å². The standard InChI is InChI=1S/C16H20N2/c1-11-4-6-14(13(3)8-11)10-18-16-9-12(2)5-7-15(16)17/h4-9,18H,10,17H2,1-3H3. The molecule has 2 aromatic carbocycles. The Labute approximate surface area is 109 Å². The van der Waals surface area contributed by atoms with Crippen LogP contribution in [0.4, 0.5) is 11.4 Å². The van der Waals surface area contributed by atoms with E-state index in [2.05, 4.69) is 50.4 Å². The first-order valence-electron chi connectivity index (χ1n) is 6.22. The largest absolute Gasteiger partial charge is 0.397 e. The van der Waals surface area contributed by atoms with Gasteiger partial charge in [0.05, 0.1) is 11.4 Å². The molecule has 0 saturated heterocycles. The van der Waals surface area contributed by atoms with Crippen LogP contribution in [-0.2, 0) is 6.54 Å². The van der Waals surface area contributed by atoms with E-state index in [1.165, 1.54) is 22.3 Å². The molecule has 2 heteroatoms. The molecule has 2 nitrogen and oxygen atoms in total. The van der Waals surface area contributed by atoms with Crippen LogP contribution in [0.25, 0.3) is 0 Å². The molecule has 3 N–H and O–H groups in total. The number of nitrogens with two attached hydrogens (primary N) is 1. The number of nitrogens with one attached hydrogen (secondary N) is 1. The molecule has 18 heavy (non-hydrogen) atoms. The van der Waals surface area contributed by atoms with Crippen LogP contribution in [0.1, 0.15) is 22.3 Å². The van der Waals surface area contributed by atoms with Crippen molar-refractivity contribution in [2.45, 2.75) is 27.3 Å². The smallest absolute Gasteiger partial charge is 0.0579 e. The normalized spacial score (nSPS) is 10.4. The van der Waals surface area contributed by atoms with E-state index in [4.69, 9.17) is 5.73 Å². The molecule has 0 fully saturated rings. The predicted molar refractivity (Wildman–Crippen MR) is 78.8 cm³/mol. The van der Waals surface area contributed by atoms with Crippen LogP contribution in [0.15, 0.2) is 36.4 Å². The van der Waals surface area contributed by atoms with Crippen molar-refractivity contribution in [1.82, 2.24) is 0 Å². The molecule has 0 aliphatic carbocycles. The summed E-state index contributed by atoms with van der Waals surface area (Å²) in [5.41, 5.74) is 12.9. The molecule has 0 unspecified atom stereocenters. The van der Waals surface area contributed by atoms with Crippen molar-refractivity contribution < 1.29 is 0 Å². The molecule has 0 spiro atoms. The Kier molecular flexibility index (Phi) is 3.56. The highest BCUT2D eigenvalue weighted by atomic mass is 14.9. The molecular formula is C16H20N2. The fourth-order valence-electron chi connectivity index (χ4n) is 2.06. The number of aryl methyl sites for hydroxylation is 3. The summed E-state index contributed by atoms with van der Waals surface area (Å²) in [5, 5.41) is 3.41. The Morgan fingerprint density at radius 1 is 0.944 bits per heavy atom. The van der Waals surface area contributed by atoms with Crippen molar-refractivity contribution in [1.29, 1.82) is 0 Å². The number of anilines is 2. The van der Waals surface area contributed by atoms with Gasteiger partial charge in [-0.1, -0.05) is 29.8 Å². The third-order valence-electron chi connectivity index (χ3n) is 3.18. The first kappa shape index (κ1) is 12.5. The molecule has 2 rings (SSSR count). The summed E-state index contributed by atoms with van der Waals surface area (Å²) in [7, 11) is 0. The third kappa shape index (κ3) is 2.83. The summed E-state index contributed by atoms with van der Waals surface area (Å²) >= 11 is 0. The van der Waals surface area contributed by atoms with E-state index >= 15 is 0 Å². The first-order chi connectivity index (χ1) is 8.56. The lowest BCUT2D eigenvalue weighted by Crippen LogP contribution is -2.04. The van der Waals surface area contributed by atoms with Crippen LogP contribution in [0.3, 0.4) is 0 Å². The van der Waals surface area contributed by atoms with Crippen LogP contribution in [-0.4, -0.2) is 0 Å². The van der Waals surface area contributed by atoms with E-state index in [1.807, 2.05) is 12.1 Å². The highest BCUT2D eigenvalue weighted by Gasteiger charge is 2.01. The number of rotatable bonds is 3. The van der Waals surface area contributed by atoms with Gasteiger partial charge in [-0.3, -0.25) is 0 Å². The molecular weight excluding hydrogens is 220 g/mol. The number of benzene rings is 2. The van der Waals surface area contributed by atoms with Gasteiger partial charge in [-0.25, -0.2) is 0 Å². The van der Waals surface area contributed by atoms with Crippen molar-refractivity contribution >= 4 is 11.4 Å². The third-order valence-corrected chi connectivity index (χ3v) is 3.18.